The summed E-state index contributed by atoms with van der Waals surface area (Å²) in [5.74, 6) is -0.155. The molecule has 2 heterocycles. The Bertz CT molecular complexity index is 814. The normalized spacial score (nSPS) is 11.2. The quantitative estimate of drug-likeness (QED) is 0.689. The third kappa shape index (κ3) is 2.38. The Balaban J connectivity index is 2.36. The van der Waals surface area contributed by atoms with Crippen molar-refractivity contribution < 1.29 is 8.78 Å². The van der Waals surface area contributed by atoms with Crippen molar-refractivity contribution in [2.24, 2.45) is 0 Å². The van der Waals surface area contributed by atoms with Gasteiger partial charge in [-0.25, -0.2) is 18.7 Å². The van der Waals surface area contributed by atoms with Crippen molar-refractivity contribution in [2.75, 3.05) is 5.88 Å². The third-order valence-electron chi connectivity index (χ3n) is 3.28. The lowest BCUT2D eigenvalue weighted by Crippen LogP contribution is -2.05. The molecule has 3 rings (SSSR count). The molecular formula is C15H12ClF2N3. The summed E-state index contributed by atoms with van der Waals surface area (Å²) in [6, 6.07) is 5.14. The lowest BCUT2D eigenvalue weighted by atomic mass is 10.2. The minimum atomic E-state index is -0.533. The Kier molecular flexibility index (Phi) is 3.59. The van der Waals surface area contributed by atoms with Gasteiger partial charge in [0.15, 0.2) is 5.65 Å². The lowest BCUT2D eigenvalue weighted by Gasteiger charge is -2.09. The largest absolute Gasteiger partial charge is 0.278 e. The molecular weight excluding hydrogens is 296 g/mol. The molecule has 6 heteroatoms. The van der Waals surface area contributed by atoms with Gasteiger partial charge in [0.2, 0.25) is 0 Å². The van der Waals surface area contributed by atoms with Crippen LogP contribution in [0.15, 0.2) is 30.5 Å². The van der Waals surface area contributed by atoms with Crippen LogP contribution in [0.2, 0.25) is 0 Å². The van der Waals surface area contributed by atoms with E-state index in [1.807, 2.05) is 13.0 Å². The summed E-state index contributed by atoms with van der Waals surface area (Å²) in [7, 11) is 0. The van der Waals surface area contributed by atoms with Crippen LogP contribution in [0.3, 0.4) is 0 Å². The topological polar surface area (TPSA) is 30.7 Å². The van der Waals surface area contributed by atoms with Crippen molar-refractivity contribution in [1.82, 2.24) is 14.5 Å². The summed E-state index contributed by atoms with van der Waals surface area (Å²) < 4.78 is 29.1. The minimum absolute atomic E-state index is 0.0933. The first-order valence-corrected chi connectivity index (χ1v) is 6.99. The Morgan fingerprint density at radius 3 is 2.81 bits per heavy atom. The summed E-state index contributed by atoms with van der Waals surface area (Å²) in [6.45, 7) is 1.90. The first-order valence-electron chi connectivity index (χ1n) is 6.46. The zero-order valence-electron chi connectivity index (χ0n) is 11.3. The van der Waals surface area contributed by atoms with E-state index in [2.05, 4.69) is 9.97 Å². The molecule has 0 aliphatic carbocycles. The first kappa shape index (κ1) is 13.9. The molecule has 1 aromatic carbocycles. The Morgan fingerprint density at radius 2 is 2.05 bits per heavy atom. The van der Waals surface area contributed by atoms with E-state index in [0.29, 0.717) is 29.3 Å². The average Bonchev–Trinajstić information content (AvgIpc) is 2.82. The van der Waals surface area contributed by atoms with Crippen LogP contribution in [0.4, 0.5) is 8.78 Å². The summed E-state index contributed by atoms with van der Waals surface area (Å²) in [5.41, 5.74) is 2.18. The molecule has 0 saturated heterocycles. The molecule has 3 nitrogen and oxygen atoms in total. The van der Waals surface area contributed by atoms with E-state index in [9.17, 15) is 8.78 Å². The number of nitrogens with zero attached hydrogens (tertiary/aromatic N) is 3. The smallest absolute Gasteiger partial charge is 0.165 e. The lowest BCUT2D eigenvalue weighted by molar-refractivity contribution is 0.591. The van der Waals surface area contributed by atoms with Gasteiger partial charge < -0.3 is 0 Å². The highest BCUT2D eigenvalue weighted by Crippen LogP contribution is 2.25. The van der Waals surface area contributed by atoms with Crippen LogP contribution in [0.1, 0.15) is 11.4 Å². The number of pyridine rings is 1. The van der Waals surface area contributed by atoms with Crippen molar-refractivity contribution in [3.05, 3.63) is 53.5 Å². The molecule has 0 atom stereocenters. The number of imidazole rings is 1. The number of aromatic nitrogens is 3. The second-order valence-corrected chi connectivity index (χ2v) is 5.08. The zero-order chi connectivity index (χ0) is 15.0. The third-order valence-corrected chi connectivity index (χ3v) is 3.47. The highest BCUT2D eigenvalue weighted by atomic mass is 35.5. The maximum atomic E-state index is 14.1. The Hall–Kier alpha value is -2.01. The van der Waals surface area contributed by atoms with Crippen LogP contribution < -0.4 is 0 Å². The number of hydrogen-bond acceptors (Lipinski definition) is 2. The molecule has 0 radical (unpaired) electrons. The molecule has 0 bridgehead atoms. The van der Waals surface area contributed by atoms with Gasteiger partial charge in [0, 0.05) is 24.6 Å². The minimum Gasteiger partial charge on any atom is -0.278 e. The van der Waals surface area contributed by atoms with Crippen LogP contribution in [-0.2, 0) is 6.42 Å². The Labute approximate surface area is 125 Å². The highest BCUT2D eigenvalue weighted by molar-refractivity contribution is 6.17. The molecule has 0 aliphatic rings. The van der Waals surface area contributed by atoms with Gasteiger partial charge in [-0.05, 0) is 30.7 Å². The number of alkyl halides is 1. The molecule has 3 aromatic rings. The number of aryl methyl sites for hydroxylation is 2. The molecule has 0 saturated carbocycles. The van der Waals surface area contributed by atoms with E-state index >= 15 is 0 Å². The number of fused-ring (bicyclic) bond motifs is 1. The van der Waals surface area contributed by atoms with Gasteiger partial charge in [-0.2, -0.15) is 0 Å². The molecule has 0 N–H and O–H groups in total. The summed E-state index contributed by atoms with van der Waals surface area (Å²) >= 11 is 5.79. The van der Waals surface area contributed by atoms with Gasteiger partial charge in [0.25, 0.3) is 0 Å². The zero-order valence-corrected chi connectivity index (χ0v) is 12.0. The van der Waals surface area contributed by atoms with Crippen molar-refractivity contribution >= 4 is 22.8 Å². The van der Waals surface area contributed by atoms with Crippen LogP contribution in [0.25, 0.3) is 16.9 Å². The van der Waals surface area contributed by atoms with Crippen LogP contribution in [-0.4, -0.2) is 20.4 Å². The van der Waals surface area contributed by atoms with Crippen molar-refractivity contribution in [2.45, 2.75) is 13.3 Å². The maximum Gasteiger partial charge on any atom is 0.165 e. The van der Waals surface area contributed by atoms with Gasteiger partial charge in [-0.3, -0.25) is 4.57 Å². The van der Waals surface area contributed by atoms with E-state index in [0.717, 1.165) is 23.8 Å². The highest BCUT2D eigenvalue weighted by Gasteiger charge is 2.17. The van der Waals surface area contributed by atoms with E-state index in [-0.39, 0.29) is 5.69 Å². The van der Waals surface area contributed by atoms with Crippen molar-refractivity contribution in [3.63, 3.8) is 0 Å². The van der Waals surface area contributed by atoms with E-state index in [1.165, 1.54) is 4.57 Å². The molecule has 0 aliphatic heterocycles. The SMILES string of the molecule is Cc1ccnc2c1nc(CCCl)n2-c1cc(F)ccc1F. The predicted molar refractivity (Wildman–Crippen MR) is 77.9 cm³/mol. The summed E-state index contributed by atoms with van der Waals surface area (Å²) in [5, 5.41) is 0. The molecule has 0 spiro atoms. The molecule has 108 valence electrons. The fourth-order valence-corrected chi connectivity index (χ4v) is 2.47. The monoisotopic (exact) mass is 307 g/mol. The summed E-state index contributed by atoms with van der Waals surface area (Å²) in [4.78, 5) is 8.74. The van der Waals surface area contributed by atoms with E-state index in [4.69, 9.17) is 11.6 Å². The fourth-order valence-electron chi connectivity index (χ4n) is 2.30. The second-order valence-electron chi connectivity index (χ2n) is 4.70. The standard InChI is InChI=1S/C15H12ClF2N3/c1-9-5-7-19-15-14(9)20-13(4-6-16)21(15)12-8-10(17)2-3-11(12)18/h2-3,5,7-8H,4,6H2,1H3. The molecule has 2 aromatic heterocycles. The van der Waals surface area contributed by atoms with E-state index < -0.39 is 11.6 Å². The number of halogens is 3. The van der Waals surface area contributed by atoms with Crippen LogP contribution in [0, 0.1) is 18.6 Å². The number of hydrogen-bond donors (Lipinski definition) is 0. The first-order chi connectivity index (χ1) is 10.1. The maximum absolute atomic E-state index is 14.1. The fraction of sp³-hybridized carbons (Fsp3) is 0.200. The predicted octanol–water partition coefficient (Wildman–Crippen LogP) is 3.79. The molecule has 0 fully saturated rings. The van der Waals surface area contributed by atoms with Crippen LogP contribution in [0.5, 0.6) is 0 Å². The van der Waals surface area contributed by atoms with E-state index in [1.54, 1.807) is 6.20 Å². The van der Waals surface area contributed by atoms with Gasteiger partial charge in [0.1, 0.15) is 23.0 Å². The van der Waals surface area contributed by atoms with Gasteiger partial charge in [0.05, 0.1) is 5.69 Å². The molecule has 0 unspecified atom stereocenters. The molecule has 0 amide bonds. The summed E-state index contributed by atoms with van der Waals surface area (Å²) in [6.07, 6.45) is 2.06. The Morgan fingerprint density at radius 1 is 1.24 bits per heavy atom. The van der Waals surface area contributed by atoms with Gasteiger partial charge in [-0.1, -0.05) is 0 Å². The van der Waals surface area contributed by atoms with Crippen molar-refractivity contribution in [1.29, 1.82) is 0 Å². The van der Waals surface area contributed by atoms with Crippen molar-refractivity contribution in [3.8, 4) is 5.69 Å². The number of rotatable bonds is 3. The molecule has 21 heavy (non-hydrogen) atoms. The van der Waals surface area contributed by atoms with Gasteiger partial charge >= 0.3 is 0 Å². The number of benzene rings is 1. The second kappa shape index (κ2) is 5.41. The van der Waals surface area contributed by atoms with Gasteiger partial charge in [-0.15, -0.1) is 11.6 Å². The van der Waals surface area contributed by atoms with Crippen LogP contribution >= 0.6 is 11.6 Å². The average molecular weight is 308 g/mol.